The van der Waals surface area contributed by atoms with E-state index in [-0.39, 0.29) is 11.6 Å². The molecule has 0 aliphatic carbocycles. The van der Waals surface area contributed by atoms with E-state index in [2.05, 4.69) is 62.5 Å². The summed E-state index contributed by atoms with van der Waals surface area (Å²) in [7, 11) is 4.16. The Morgan fingerprint density at radius 1 is 1.29 bits per heavy atom. The molecule has 0 radical (unpaired) electrons. The van der Waals surface area contributed by atoms with E-state index in [4.69, 9.17) is 10.7 Å². The molecule has 0 aliphatic rings. The van der Waals surface area contributed by atoms with Gasteiger partial charge in [0.15, 0.2) is 0 Å². The maximum absolute atomic E-state index is 6.48. The molecule has 0 saturated heterocycles. The van der Waals surface area contributed by atoms with E-state index in [1.54, 1.807) is 0 Å². The average molecular weight is 288 g/mol. The van der Waals surface area contributed by atoms with Gasteiger partial charge in [0.05, 0.1) is 11.0 Å². The molecule has 2 aromatic rings. The van der Waals surface area contributed by atoms with E-state index < -0.39 is 0 Å². The molecule has 1 atom stereocenters. The van der Waals surface area contributed by atoms with Gasteiger partial charge in [0.2, 0.25) is 0 Å². The molecule has 1 heterocycles. The number of nitrogens with two attached hydrogens (primary N) is 1. The highest BCUT2D eigenvalue weighted by Gasteiger charge is 2.30. The van der Waals surface area contributed by atoms with Gasteiger partial charge in [-0.25, -0.2) is 4.98 Å². The second-order valence-electron chi connectivity index (χ2n) is 6.53. The van der Waals surface area contributed by atoms with Gasteiger partial charge in [0.1, 0.15) is 5.82 Å². The minimum atomic E-state index is -0.0603. The van der Waals surface area contributed by atoms with Crippen LogP contribution in [0.2, 0.25) is 0 Å². The standard InChI is InChI=1S/C17H28N4/c1-6-11-21-14-10-8-7-9-13(14)19-16(21)12-15(18)17(2,3)20(4)5/h7-10,15H,6,11-12,18H2,1-5H3. The lowest BCUT2D eigenvalue weighted by Gasteiger charge is -2.38. The third-order valence-electron chi connectivity index (χ3n) is 4.64. The molecular weight excluding hydrogens is 260 g/mol. The van der Waals surface area contributed by atoms with Crippen molar-refractivity contribution in [3.63, 3.8) is 0 Å². The monoisotopic (exact) mass is 288 g/mol. The van der Waals surface area contributed by atoms with Crippen LogP contribution in [-0.2, 0) is 13.0 Å². The second-order valence-corrected chi connectivity index (χ2v) is 6.53. The zero-order valence-corrected chi connectivity index (χ0v) is 13.9. The first-order valence-corrected chi connectivity index (χ1v) is 7.75. The van der Waals surface area contributed by atoms with Crippen LogP contribution in [0.4, 0.5) is 0 Å². The van der Waals surface area contributed by atoms with Crippen LogP contribution in [0.1, 0.15) is 33.0 Å². The molecule has 0 fully saturated rings. The number of imidazole rings is 1. The largest absolute Gasteiger partial charge is 0.328 e. The normalized spacial score (nSPS) is 14.0. The summed E-state index contributed by atoms with van der Waals surface area (Å²) < 4.78 is 2.32. The summed E-state index contributed by atoms with van der Waals surface area (Å²) in [6.45, 7) is 7.56. The summed E-state index contributed by atoms with van der Waals surface area (Å²) in [6.07, 6.45) is 1.89. The molecule has 0 aliphatic heterocycles. The van der Waals surface area contributed by atoms with Crippen LogP contribution in [0.15, 0.2) is 24.3 Å². The van der Waals surface area contributed by atoms with Crippen molar-refractivity contribution in [1.82, 2.24) is 14.5 Å². The minimum Gasteiger partial charge on any atom is -0.328 e. The van der Waals surface area contributed by atoms with Crippen LogP contribution in [0.5, 0.6) is 0 Å². The highest BCUT2D eigenvalue weighted by Crippen LogP contribution is 2.21. The van der Waals surface area contributed by atoms with Crippen molar-refractivity contribution in [2.24, 2.45) is 5.73 Å². The van der Waals surface area contributed by atoms with E-state index in [1.165, 1.54) is 5.52 Å². The van der Waals surface area contributed by atoms with Gasteiger partial charge in [-0.15, -0.1) is 0 Å². The molecule has 0 bridgehead atoms. The van der Waals surface area contributed by atoms with Crippen molar-refractivity contribution in [1.29, 1.82) is 0 Å². The number of nitrogens with zero attached hydrogens (tertiary/aromatic N) is 3. The number of hydrogen-bond acceptors (Lipinski definition) is 3. The summed E-state index contributed by atoms with van der Waals surface area (Å²) in [5.41, 5.74) is 8.69. The highest BCUT2D eigenvalue weighted by molar-refractivity contribution is 5.75. The summed E-state index contributed by atoms with van der Waals surface area (Å²) in [4.78, 5) is 6.99. The Kier molecular flexibility index (Phi) is 4.69. The number of benzene rings is 1. The quantitative estimate of drug-likeness (QED) is 0.889. The fraction of sp³-hybridized carbons (Fsp3) is 0.588. The fourth-order valence-corrected chi connectivity index (χ4v) is 2.53. The van der Waals surface area contributed by atoms with Crippen LogP contribution < -0.4 is 5.73 Å². The van der Waals surface area contributed by atoms with Gasteiger partial charge in [-0.2, -0.15) is 0 Å². The topological polar surface area (TPSA) is 47.1 Å². The smallest absolute Gasteiger partial charge is 0.111 e. The van der Waals surface area contributed by atoms with Crippen molar-refractivity contribution >= 4 is 11.0 Å². The van der Waals surface area contributed by atoms with Crippen LogP contribution >= 0.6 is 0 Å². The van der Waals surface area contributed by atoms with Crippen LogP contribution in [0, 0.1) is 0 Å². The average Bonchev–Trinajstić information content (AvgIpc) is 2.77. The number of hydrogen-bond donors (Lipinski definition) is 1. The van der Waals surface area contributed by atoms with Gasteiger partial charge >= 0.3 is 0 Å². The molecule has 1 aromatic heterocycles. The first kappa shape index (κ1) is 16.0. The molecule has 1 unspecified atom stereocenters. The van der Waals surface area contributed by atoms with Crippen molar-refractivity contribution in [2.75, 3.05) is 14.1 Å². The molecule has 0 amide bonds. The predicted octanol–water partition coefficient (Wildman–Crippen LogP) is 2.66. The van der Waals surface area contributed by atoms with Crippen LogP contribution in [0.25, 0.3) is 11.0 Å². The number of para-hydroxylation sites is 2. The SMILES string of the molecule is CCCn1c(CC(N)C(C)(C)N(C)C)nc2ccccc21. The molecule has 0 spiro atoms. The molecular formula is C17H28N4. The summed E-state index contributed by atoms with van der Waals surface area (Å²) >= 11 is 0. The maximum Gasteiger partial charge on any atom is 0.111 e. The summed E-state index contributed by atoms with van der Waals surface area (Å²) in [5.74, 6) is 1.10. The molecule has 0 saturated carbocycles. The fourth-order valence-electron chi connectivity index (χ4n) is 2.53. The summed E-state index contributed by atoms with van der Waals surface area (Å²) in [5, 5.41) is 0. The third-order valence-corrected chi connectivity index (χ3v) is 4.64. The van der Waals surface area contributed by atoms with E-state index in [9.17, 15) is 0 Å². The third kappa shape index (κ3) is 3.11. The lowest BCUT2D eigenvalue weighted by molar-refractivity contribution is 0.156. The zero-order valence-electron chi connectivity index (χ0n) is 13.9. The van der Waals surface area contributed by atoms with E-state index in [0.717, 1.165) is 30.7 Å². The van der Waals surface area contributed by atoms with Gasteiger partial charge in [0, 0.05) is 24.5 Å². The minimum absolute atomic E-state index is 0.0416. The van der Waals surface area contributed by atoms with Gasteiger partial charge in [-0.05, 0) is 46.5 Å². The maximum atomic E-state index is 6.48. The molecule has 1 aromatic carbocycles. The van der Waals surface area contributed by atoms with E-state index >= 15 is 0 Å². The Bertz CT molecular complexity index is 598. The molecule has 2 N–H and O–H groups in total. The predicted molar refractivity (Wildman–Crippen MR) is 89.5 cm³/mol. The Labute approximate surface area is 128 Å². The molecule has 4 nitrogen and oxygen atoms in total. The van der Waals surface area contributed by atoms with Gasteiger partial charge < -0.3 is 15.2 Å². The molecule has 116 valence electrons. The number of fused-ring (bicyclic) bond motifs is 1. The Hall–Kier alpha value is -1.39. The van der Waals surface area contributed by atoms with Gasteiger partial charge in [-0.1, -0.05) is 19.1 Å². The van der Waals surface area contributed by atoms with Crippen molar-refractivity contribution in [3.05, 3.63) is 30.1 Å². The van der Waals surface area contributed by atoms with Crippen molar-refractivity contribution in [3.8, 4) is 0 Å². The zero-order chi connectivity index (χ0) is 15.6. The van der Waals surface area contributed by atoms with E-state index in [0.29, 0.717) is 0 Å². The highest BCUT2D eigenvalue weighted by atomic mass is 15.2. The van der Waals surface area contributed by atoms with E-state index in [1.807, 2.05) is 6.07 Å². The van der Waals surface area contributed by atoms with Gasteiger partial charge in [0.25, 0.3) is 0 Å². The molecule has 4 heteroatoms. The number of rotatable bonds is 6. The van der Waals surface area contributed by atoms with Crippen LogP contribution in [0.3, 0.4) is 0 Å². The lowest BCUT2D eigenvalue weighted by Crippen LogP contribution is -2.54. The first-order valence-electron chi connectivity index (χ1n) is 7.75. The van der Waals surface area contributed by atoms with Crippen molar-refractivity contribution < 1.29 is 0 Å². The first-order chi connectivity index (χ1) is 9.87. The second kappa shape index (κ2) is 6.16. The lowest BCUT2D eigenvalue weighted by atomic mass is 9.91. The number of aryl methyl sites for hydroxylation is 1. The Morgan fingerprint density at radius 3 is 2.57 bits per heavy atom. The molecule has 21 heavy (non-hydrogen) atoms. The van der Waals surface area contributed by atoms with Crippen molar-refractivity contribution in [2.45, 2.75) is 51.7 Å². The Balaban J connectivity index is 2.35. The Morgan fingerprint density at radius 2 is 1.95 bits per heavy atom. The molecule has 2 rings (SSSR count). The van der Waals surface area contributed by atoms with Gasteiger partial charge in [-0.3, -0.25) is 0 Å². The number of likely N-dealkylation sites (N-methyl/N-ethyl adjacent to an activating group) is 1. The van der Waals surface area contributed by atoms with Crippen LogP contribution in [-0.4, -0.2) is 40.1 Å². The number of aromatic nitrogens is 2. The summed E-state index contributed by atoms with van der Waals surface area (Å²) in [6, 6.07) is 8.38.